The summed E-state index contributed by atoms with van der Waals surface area (Å²) in [5.41, 5.74) is 1.40. The Balaban J connectivity index is 1.90. The van der Waals surface area contributed by atoms with E-state index < -0.39 is 0 Å². The van der Waals surface area contributed by atoms with Crippen LogP contribution in [0.15, 0.2) is 23.2 Å². The van der Waals surface area contributed by atoms with Gasteiger partial charge in [-0.05, 0) is 37.3 Å². The number of fused-ring (bicyclic) bond motifs is 1. The predicted molar refractivity (Wildman–Crippen MR) is 93.2 cm³/mol. The van der Waals surface area contributed by atoms with E-state index in [0.29, 0.717) is 22.0 Å². The minimum Gasteiger partial charge on any atom is -0.271 e. The Bertz CT molecular complexity index is 747. The number of hydrogen-bond acceptors (Lipinski definition) is 5. The number of amides is 2. The number of imide groups is 1. The molecular formula is C17H18N4O2S. The molecule has 124 valence electrons. The summed E-state index contributed by atoms with van der Waals surface area (Å²) < 4.78 is 0. The molecule has 2 amide bonds. The number of nitriles is 1. The van der Waals surface area contributed by atoms with Gasteiger partial charge in [0.2, 0.25) is 0 Å². The van der Waals surface area contributed by atoms with Crippen LogP contribution in [0.2, 0.25) is 0 Å². The SMILES string of the molecule is CSC(=Nc1ccc2c(c1)C(=O)N(C1CCCCC1)C2=O)NC#N. The van der Waals surface area contributed by atoms with Gasteiger partial charge in [-0.2, -0.15) is 5.26 Å². The van der Waals surface area contributed by atoms with Crippen LogP contribution in [0.5, 0.6) is 0 Å². The highest BCUT2D eigenvalue weighted by molar-refractivity contribution is 8.13. The van der Waals surface area contributed by atoms with Crippen molar-refractivity contribution >= 4 is 34.4 Å². The van der Waals surface area contributed by atoms with Gasteiger partial charge >= 0.3 is 0 Å². The molecule has 24 heavy (non-hydrogen) atoms. The topological polar surface area (TPSA) is 85.6 Å². The van der Waals surface area contributed by atoms with Crippen LogP contribution in [0.3, 0.4) is 0 Å². The van der Waals surface area contributed by atoms with Gasteiger partial charge in [-0.25, -0.2) is 4.99 Å². The number of amidine groups is 1. The minimum absolute atomic E-state index is 0.0140. The Kier molecular flexibility index (Phi) is 4.86. The quantitative estimate of drug-likeness (QED) is 0.293. The third-order valence-electron chi connectivity index (χ3n) is 4.43. The molecule has 0 bridgehead atoms. The summed E-state index contributed by atoms with van der Waals surface area (Å²) in [6, 6.07) is 5.00. The standard InChI is InChI=1S/C17H18N4O2S/c1-24-17(19-10-18)20-11-7-8-13-14(9-11)16(23)21(15(13)22)12-5-3-2-4-6-12/h7-9,12H,2-6H2,1H3,(H,19,20). The first kappa shape index (κ1) is 16.5. The second-order valence-electron chi connectivity index (χ2n) is 5.86. The summed E-state index contributed by atoms with van der Waals surface area (Å²) in [6.07, 6.45) is 8.69. The van der Waals surface area contributed by atoms with Crippen LogP contribution < -0.4 is 5.32 Å². The third-order valence-corrected chi connectivity index (χ3v) is 5.01. The van der Waals surface area contributed by atoms with Crippen molar-refractivity contribution in [3.63, 3.8) is 0 Å². The van der Waals surface area contributed by atoms with E-state index in [1.165, 1.54) is 23.1 Å². The van der Waals surface area contributed by atoms with Crippen molar-refractivity contribution in [2.75, 3.05) is 6.26 Å². The first-order valence-corrected chi connectivity index (χ1v) is 9.18. The monoisotopic (exact) mass is 342 g/mol. The normalized spacial score (nSPS) is 18.5. The summed E-state index contributed by atoms with van der Waals surface area (Å²) in [7, 11) is 0. The van der Waals surface area contributed by atoms with Crippen molar-refractivity contribution in [1.82, 2.24) is 10.2 Å². The lowest BCUT2D eigenvalue weighted by atomic mass is 9.94. The number of nitrogens with zero attached hydrogens (tertiary/aromatic N) is 3. The Hall–Kier alpha value is -2.33. The molecule has 0 saturated heterocycles. The number of carbonyl (C=O) groups excluding carboxylic acids is 2. The maximum atomic E-state index is 12.7. The molecule has 1 heterocycles. The Morgan fingerprint density at radius 2 is 1.96 bits per heavy atom. The fraction of sp³-hybridized carbons (Fsp3) is 0.412. The minimum atomic E-state index is -0.224. The van der Waals surface area contributed by atoms with Gasteiger partial charge in [0, 0.05) is 6.04 Å². The van der Waals surface area contributed by atoms with Crippen molar-refractivity contribution in [2.24, 2.45) is 4.99 Å². The highest BCUT2D eigenvalue weighted by atomic mass is 32.2. The summed E-state index contributed by atoms with van der Waals surface area (Å²) >= 11 is 1.30. The van der Waals surface area contributed by atoms with Crippen LogP contribution in [0.4, 0.5) is 5.69 Å². The summed E-state index contributed by atoms with van der Waals surface area (Å²) in [5, 5.41) is 11.6. The van der Waals surface area contributed by atoms with Crippen molar-refractivity contribution in [2.45, 2.75) is 38.1 Å². The molecular weight excluding hydrogens is 324 g/mol. The zero-order valence-corrected chi connectivity index (χ0v) is 14.2. The zero-order chi connectivity index (χ0) is 17.1. The van der Waals surface area contributed by atoms with Crippen LogP contribution in [-0.2, 0) is 0 Å². The van der Waals surface area contributed by atoms with E-state index in [9.17, 15) is 9.59 Å². The maximum absolute atomic E-state index is 12.7. The Labute approximate surface area is 144 Å². The molecule has 1 aliphatic carbocycles. The van der Waals surface area contributed by atoms with Gasteiger partial charge in [-0.15, -0.1) is 0 Å². The van der Waals surface area contributed by atoms with E-state index in [1.54, 1.807) is 24.5 Å². The molecule has 0 atom stereocenters. The predicted octanol–water partition coefficient (Wildman–Crippen LogP) is 3.04. The van der Waals surface area contributed by atoms with E-state index in [0.717, 1.165) is 25.7 Å². The second-order valence-corrected chi connectivity index (χ2v) is 6.65. The number of benzene rings is 1. The zero-order valence-electron chi connectivity index (χ0n) is 13.4. The summed E-state index contributed by atoms with van der Waals surface area (Å²) in [4.78, 5) is 31.1. The van der Waals surface area contributed by atoms with E-state index in [2.05, 4.69) is 10.3 Å². The largest absolute Gasteiger partial charge is 0.271 e. The second kappa shape index (κ2) is 7.05. The number of aliphatic imine (C=N–C) groups is 1. The van der Waals surface area contributed by atoms with Crippen molar-refractivity contribution in [3.8, 4) is 6.19 Å². The van der Waals surface area contributed by atoms with Gasteiger partial charge < -0.3 is 0 Å². The third kappa shape index (κ3) is 3.02. The van der Waals surface area contributed by atoms with Gasteiger partial charge in [-0.1, -0.05) is 31.0 Å². The molecule has 1 saturated carbocycles. The molecule has 1 fully saturated rings. The van der Waals surface area contributed by atoms with E-state index in [4.69, 9.17) is 5.26 Å². The average molecular weight is 342 g/mol. The molecule has 2 aliphatic rings. The molecule has 1 N–H and O–H groups in total. The van der Waals surface area contributed by atoms with Gasteiger partial charge in [0.15, 0.2) is 11.4 Å². The van der Waals surface area contributed by atoms with Crippen LogP contribution in [0, 0.1) is 11.5 Å². The Morgan fingerprint density at radius 1 is 1.25 bits per heavy atom. The summed E-state index contributed by atoms with van der Waals surface area (Å²) in [5.74, 6) is -0.421. The molecule has 0 radical (unpaired) electrons. The molecule has 0 unspecified atom stereocenters. The molecule has 1 aromatic rings. The van der Waals surface area contributed by atoms with Gasteiger partial charge in [0.25, 0.3) is 11.8 Å². The smallest absolute Gasteiger partial charge is 0.261 e. The van der Waals surface area contributed by atoms with Gasteiger partial charge in [-0.3, -0.25) is 19.8 Å². The summed E-state index contributed by atoms with van der Waals surface area (Å²) in [6.45, 7) is 0. The first-order valence-electron chi connectivity index (χ1n) is 7.95. The lowest BCUT2D eigenvalue weighted by molar-refractivity contribution is 0.0549. The van der Waals surface area contributed by atoms with Crippen molar-refractivity contribution in [1.29, 1.82) is 5.26 Å². The maximum Gasteiger partial charge on any atom is 0.261 e. The molecule has 1 aliphatic heterocycles. The van der Waals surface area contributed by atoms with E-state index in [-0.39, 0.29) is 17.9 Å². The lowest BCUT2D eigenvalue weighted by Crippen LogP contribution is -2.40. The van der Waals surface area contributed by atoms with Crippen LogP contribution in [0.25, 0.3) is 0 Å². The highest BCUT2D eigenvalue weighted by Gasteiger charge is 2.40. The van der Waals surface area contributed by atoms with Gasteiger partial charge in [0.1, 0.15) is 0 Å². The average Bonchev–Trinajstić information content (AvgIpc) is 2.86. The number of nitrogens with one attached hydrogen (secondary N) is 1. The fourth-order valence-corrected chi connectivity index (χ4v) is 3.62. The Morgan fingerprint density at radius 3 is 2.62 bits per heavy atom. The highest BCUT2D eigenvalue weighted by Crippen LogP contribution is 2.32. The molecule has 1 aromatic carbocycles. The molecule has 7 heteroatoms. The van der Waals surface area contributed by atoms with E-state index >= 15 is 0 Å². The number of rotatable bonds is 2. The number of hydrogen-bond donors (Lipinski definition) is 1. The first-order chi connectivity index (χ1) is 11.7. The molecule has 6 nitrogen and oxygen atoms in total. The van der Waals surface area contributed by atoms with Crippen LogP contribution >= 0.6 is 11.8 Å². The molecule has 0 aromatic heterocycles. The number of thioether (sulfide) groups is 1. The van der Waals surface area contributed by atoms with E-state index in [1.807, 2.05) is 6.19 Å². The van der Waals surface area contributed by atoms with Crippen molar-refractivity contribution in [3.05, 3.63) is 29.3 Å². The number of carbonyl (C=O) groups is 2. The fourth-order valence-electron chi connectivity index (χ4n) is 3.28. The van der Waals surface area contributed by atoms with Crippen LogP contribution in [0.1, 0.15) is 52.8 Å². The lowest BCUT2D eigenvalue weighted by Gasteiger charge is -2.29. The van der Waals surface area contributed by atoms with Crippen LogP contribution in [-0.4, -0.2) is 34.2 Å². The van der Waals surface area contributed by atoms with Gasteiger partial charge in [0.05, 0.1) is 16.8 Å². The molecule has 3 rings (SSSR count). The molecule has 0 spiro atoms. The van der Waals surface area contributed by atoms with Crippen molar-refractivity contribution < 1.29 is 9.59 Å².